The fourth-order valence-corrected chi connectivity index (χ4v) is 3.31. The Bertz CT molecular complexity index is 994. The number of ether oxygens (including phenoxy) is 3. The SMILES string of the molecule is CCOC(=O)CCCCC(=O)Nc1ccc(Cl)cc1C(=O)NCc1ccc2c(c1)OCO2. The average molecular weight is 461 g/mol. The summed E-state index contributed by atoms with van der Waals surface area (Å²) < 4.78 is 15.5. The van der Waals surface area contributed by atoms with Crippen LogP contribution in [0.5, 0.6) is 11.5 Å². The quantitative estimate of drug-likeness (QED) is 0.409. The van der Waals surface area contributed by atoms with E-state index in [1.165, 1.54) is 6.07 Å². The molecular weight excluding hydrogens is 436 g/mol. The molecule has 2 aromatic rings. The fourth-order valence-electron chi connectivity index (χ4n) is 3.14. The van der Waals surface area contributed by atoms with E-state index in [4.69, 9.17) is 25.8 Å². The van der Waals surface area contributed by atoms with Crippen LogP contribution in [0.25, 0.3) is 0 Å². The number of carbonyl (C=O) groups is 3. The van der Waals surface area contributed by atoms with Gasteiger partial charge in [0.1, 0.15) is 0 Å². The molecule has 1 aliphatic rings. The largest absolute Gasteiger partial charge is 0.466 e. The third-order valence-electron chi connectivity index (χ3n) is 4.73. The van der Waals surface area contributed by atoms with Gasteiger partial charge in [0.15, 0.2) is 11.5 Å². The van der Waals surface area contributed by atoms with E-state index in [0.717, 1.165) is 5.56 Å². The van der Waals surface area contributed by atoms with Crippen molar-refractivity contribution in [2.75, 3.05) is 18.7 Å². The van der Waals surface area contributed by atoms with Crippen molar-refractivity contribution >= 4 is 35.1 Å². The van der Waals surface area contributed by atoms with Gasteiger partial charge in [-0.3, -0.25) is 14.4 Å². The number of halogens is 1. The summed E-state index contributed by atoms with van der Waals surface area (Å²) in [6.07, 6.45) is 1.58. The summed E-state index contributed by atoms with van der Waals surface area (Å²) in [7, 11) is 0. The molecule has 32 heavy (non-hydrogen) atoms. The van der Waals surface area contributed by atoms with E-state index in [-0.39, 0.29) is 49.5 Å². The lowest BCUT2D eigenvalue weighted by Crippen LogP contribution is -2.25. The molecule has 0 atom stereocenters. The van der Waals surface area contributed by atoms with Crippen molar-refractivity contribution in [3.05, 3.63) is 52.5 Å². The maximum atomic E-state index is 12.8. The number of nitrogens with one attached hydrogen (secondary N) is 2. The van der Waals surface area contributed by atoms with E-state index in [1.807, 2.05) is 6.07 Å². The monoisotopic (exact) mass is 460 g/mol. The van der Waals surface area contributed by atoms with E-state index < -0.39 is 0 Å². The van der Waals surface area contributed by atoms with Gasteiger partial charge in [-0.1, -0.05) is 17.7 Å². The molecule has 0 aliphatic carbocycles. The molecule has 0 spiro atoms. The van der Waals surface area contributed by atoms with Gasteiger partial charge in [-0.2, -0.15) is 0 Å². The number of unbranched alkanes of at least 4 members (excludes halogenated alkanes) is 1. The summed E-state index contributed by atoms with van der Waals surface area (Å²) in [4.78, 5) is 36.4. The van der Waals surface area contributed by atoms with Crippen LogP contribution in [0, 0.1) is 0 Å². The number of carbonyl (C=O) groups excluding carboxylic acids is 3. The molecule has 0 saturated carbocycles. The van der Waals surface area contributed by atoms with E-state index in [2.05, 4.69) is 10.6 Å². The van der Waals surface area contributed by atoms with Gasteiger partial charge in [-0.05, 0) is 55.7 Å². The molecule has 0 fully saturated rings. The van der Waals surface area contributed by atoms with Gasteiger partial charge < -0.3 is 24.8 Å². The first-order valence-electron chi connectivity index (χ1n) is 10.4. The van der Waals surface area contributed by atoms with Crippen molar-refractivity contribution in [3.63, 3.8) is 0 Å². The molecule has 170 valence electrons. The number of anilines is 1. The third-order valence-corrected chi connectivity index (χ3v) is 4.97. The number of rotatable bonds is 10. The minimum absolute atomic E-state index is 0.180. The number of hydrogen-bond acceptors (Lipinski definition) is 6. The van der Waals surface area contributed by atoms with Gasteiger partial charge in [-0.25, -0.2) is 0 Å². The molecular formula is C23H25ClN2O6. The number of esters is 1. The van der Waals surface area contributed by atoms with Gasteiger partial charge in [0.25, 0.3) is 5.91 Å². The van der Waals surface area contributed by atoms with Crippen LogP contribution in [0.4, 0.5) is 5.69 Å². The lowest BCUT2D eigenvalue weighted by molar-refractivity contribution is -0.143. The number of hydrogen-bond donors (Lipinski definition) is 2. The highest BCUT2D eigenvalue weighted by Crippen LogP contribution is 2.32. The molecule has 0 bridgehead atoms. The van der Waals surface area contributed by atoms with Crippen molar-refractivity contribution in [2.45, 2.75) is 39.2 Å². The maximum Gasteiger partial charge on any atom is 0.305 e. The topological polar surface area (TPSA) is 103 Å². The first kappa shape index (κ1) is 23.4. The Kier molecular flexibility index (Phi) is 8.33. The molecule has 9 heteroatoms. The van der Waals surface area contributed by atoms with Crippen LogP contribution in [-0.4, -0.2) is 31.2 Å². The Morgan fingerprint density at radius 3 is 2.62 bits per heavy atom. The molecule has 3 rings (SSSR count). The standard InChI is InChI=1S/C23H25ClN2O6/c1-2-30-22(28)6-4-3-5-21(27)26-18-9-8-16(24)12-17(18)23(29)25-13-15-7-10-19-20(11-15)32-14-31-19/h7-12H,2-6,13-14H2,1H3,(H,25,29)(H,26,27). The minimum atomic E-state index is -0.372. The van der Waals surface area contributed by atoms with E-state index in [0.29, 0.717) is 41.7 Å². The summed E-state index contributed by atoms with van der Waals surface area (Å²) in [6.45, 7) is 2.54. The molecule has 1 aliphatic heterocycles. The average Bonchev–Trinajstić information content (AvgIpc) is 3.24. The van der Waals surface area contributed by atoms with Crippen molar-refractivity contribution < 1.29 is 28.6 Å². The second-order valence-electron chi connectivity index (χ2n) is 7.12. The van der Waals surface area contributed by atoms with Gasteiger partial charge in [-0.15, -0.1) is 0 Å². The second-order valence-corrected chi connectivity index (χ2v) is 7.56. The van der Waals surface area contributed by atoms with Crippen LogP contribution in [0.1, 0.15) is 48.5 Å². The van der Waals surface area contributed by atoms with E-state index >= 15 is 0 Å². The second kappa shape index (κ2) is 11.4. The fraction of sp³-hybridized carbons (Fsp3) is 0.348. The molecule has 2 N–H and O–H groups in total. The molecule has 2 amide bonds. The zero-order valence-electron chi connectivity index (χ0n) is 17.7. The first-order chi connectivity index (χ1) is 15.5. The Labute approximate surface area is 191 Å². The van der Waals surface area contributed by atoms with Crippen molar-refractivity contribution in [1.82, 2.24) is 5.32 Å². The summed E-state index contributed by atoms with van der Waals surface area (Å²) in [5, 5.41) is 5.96. The molecule has 0 unspecified atom stereocenters. The van der Waals surface area contributed by atoms with Crippen LogP contribution in [0.15, 0.2) is 36.4 Å². The maximum absolute atomic E-state index is 12.8. The smallest absolute Gasteiger partial charge is 0.305 e. The van der Waals surface area contributed by atoms with Crippen LogP contribution in [0.2, 0.25) is 5.02 Å². The molecule has 0 radical (unpaired) electrons. The molecule has 8 nitrogen and oxygen atoms in total. The Balaban J connectivity index is 1.55. The number of benzene rings is 2. The number of fused-ring (bicyclic) bond motifs is 1. The third kappa shape index (κ3) is 6.62. The number of amides is 2. The van der Waals surface area contributed by atoms with Crippen molar-refractivity contribution in [1.29, 1.82) is 0 Å². The summed E-state index contributed by atoms with van der Waals surface area (Å²) in [6, 6.07) is 10.1. The highest BCUT2D eigenvalue weighted by molar-refractivity contribution is 6.31. The first-order valence-corrected chi connectivity index (χ1v) is 10.8. The zero-order valence-corrected chi connectivity index (χ0v) is 18.5. The normalized spacial score (nSPS) is 11.7. The molecule has 1 heterocycles. The predicted molar refractivity (Wildman–Crippen MR) is 119 cm³/mol. The Hall–Kier alpha value is -3.26. The minimum Gasteiger partial charge on any atom is -0.466 e. The Morgan fingerprint density at radius 1 is 1.03 bits per heavy atom. The van der Waals surface area contributed by atoms with E-state index in [1.54, 1.807) is 31.2 Å². The van der Waals surface area contributed by atoms with Crippen LogP contribution >= 0.6 is 11.6 Å². The van der Waals surface area contributed by atoms with Gasteiger partial charge >= 0.3 is 5.97 Å². The van der Waals surface area contributed by atoms with Crippen molar-refractivity contribution in [2.24, 2.45) is 0 Å². The van der Waals surface area contributed by atoms with Gasteiger partial charge in [0.05, 0.1) is 17.9 Å². The highest BCUT2D eigenvalue weighted by atomic mass is 35.5. The van der Waals surface area contributed by atoms with Crippen molar-refractivity contribution in [3.8, 4) is 11.5 Å². The predicted octanol–water partition coefficient (Wildman–Crippen LogP) is 4.06. The summed E-state index contributed by atoms with van der Waals surface area (Å²) in [5.41, 5.74) is 1.47. The highest BCUT2D eigenvalue weighted by Gasteiger charge is 2.16. The van der Waals surface area contributed by atoms with Crippen LogP contribution in [0.3, 0.4) is 0 Å². The molecule has 0 aromatic heterocycles. The summed E-state index contributed by atoms with van der Waals surface area (Å²) in [5.74, 6) is 0.411. The van der Waals surface area contributed by atoms with Crippen LogP contribution < -0.4 is 20.1 Å². The lowest BCUT2D eigenvalue weighted by Gasteiger charge is -2.12. The summed E-state index contributed by atoms with van der Waals surface area (Å²) >= 11 is 6.07. The van der Waals surface area contributed by atoms with Gasteiger partial charge in [0, 0.05) is 24.4 Å². The van der Waals surface area contributed by atoms with Crippen LogP contribution in [-0.2, 0) is 20.9 Å². The molecule has 0 saturated heterocycles. The van der Waals surface area contributed by atoms with E-state index in [9.17, 15) is 14.4 Å². The molecule has 2 aromatic carbocycles. The Morgan fingerprint density at radius 2 is 1.81 bits per heavy atom. The zero-order chi connectivity index (χ0) is 22.9. The lowest BCUT2D eigenvalue weighted by atomic mass is 10.1. The van der Waals surface area contributed by atoms with Gasteiger partial charge in [0.2, 0.25) is 12.7 Å².